The second kappa shape index (κ2) is 7.41. The molecule has 0 saturated carbocycles. The Hall–Kier alpha value is -0.920. The summed E-state index contributed by atoms with van der Waals surface area (Å²) in [6.45, 7) is 0.618. The lowest BCUT2D eigenvalue weighted by atomic mass is 10.4. The maximum Gasteiger partial charge on any atom is 0.272 e. The van der Waals surface area contributed by atoms with Crippen LogP contribution in [-0.4, -0.2) is 44.1 Å². The summed E-state index contributed by atoms with van der Waals surface area (Å²) in [6, 6.07) is 0. The van der Waals surface area contributed by atoms with Crippen LogP contribution in [0, 0.1) is 0 Å². The molecule has 5 nitrogen and oxygen atoms in total. The van der Waals surface area contributed by atoms with E-state index < -0.39 is 0 Å². The molecule has 17 heavy (non-hydrogen) atoms. The van der Waals surface area contributed by atoms with Crippen LogP contribution in [0.4, 0.5) is 5.00 Å². The highest BCUT2D eigenvalue weighted by Crippen LogP contribution is 2.32. The first-order valence-electron chi connectivity index (χ1n) is 5.01. The van der Waals surface area contributed by atoms with E-state index in [1.54, 1.807) is 20.4 Å². The molecule has 1 amide bonds. The molecule has 0 aliphatic carbocycles. The maximum absolute atomic E-state index is 11.6. The van der Waals surface area contributed by atoms with E-state index in [2.05, 4.69) is 15.3 Å². The van der Waals surface area contributed by atoms with Crippen LogP contribution in [-0.2, 0) is 4.74 Å². The van der Waals surface area contributed by atoms with E-state index in [0.29, 0.717) is 17.3 Å². The number of hydrogen-bond acceptors (Lipinski definition) is 6. The number of hydrogen-bond donors (Lipinski definition) is 1. The first-order chi connectivity index (χ1) is 8.22. The van der Waals surface area contributed by atoms with Crippen molar-refractivity contribution in [2.24, 2.45) is 4.99 Å². The molecule has 0 aliphatic heterocycles. The van der Waals surface area contributed by atoms with Crippen molar-refractivity contribution in [1.82, 2.24) is 10.3 Å². The fraction of sp³-hybridized carbons (Fsp3) is 0.500. The Bertz CT molecular complexity index is 404. The largest absolute Gasteiger partial charge is 0.384 e. The highest BCUT2D eigenvalue weighted by atomic mass is 32.2. The molecule has 1 heterocycles. The van der Waals surface area contributed by atoms with Crippen molar-refractivity contribution >= 4 is 40.2 Å². The second-order valence-electron chi connectivity index (χ2n) is 3.01. The second-order valence-corrected chi connectivity index (χ2v) is 5.04. The average Bonchev–Trinajstić information content (AvgIpc) is 2.77. The molecule has 0 saturated heterocycles. The quantitative estimate of drug-likeness (QED) is 0.489. The minimum atomic E-state index is -0.208. The average molecular weight is 273 g/mol. The van der Waals surface area contributed by atoms with Crippen LogP contribution in [0.15, 0.2) is 9.33 Å². The van der Waals surface area contributed by atoms with Crippen molar-refractivity contribution in [3.8, 4) is 0 Å². The van der Waals surface area contributed by atoms with Gasteiger partial charge in [-0.3, -0.25) is 4.79 Å². The van der Waals surface area contributed by atoms with Gasteiger partial charge in [-0.05, 0) is 6.26 Å². The lowest BCUT2D eigenvalue weighted by Crippen LogP contribution is -2.18. The monoisotopic (exact) mass is 273 g/mol. The van der Waals surface area contributed by atoms with E-state index >= 15 is 0 Å². The van der Waals surface area contributed by atoms with Crippen LogP contribution < -0.4 is 5.32 Å². The van der Waals surface area contributed by atoms with Crippen molar-refractivity contribution in [1.29, 1.82) is 0 Å². The zero-order valence-electron chi connectivity index (χ0n) is 10.0. The molecule has 94 valence electrons. The third-order valence-corrected chi connectivity index (χ3v) is 3.81. The molecule has 0 atom stereocenters. The fourth-order valence-corrected chi connectivity index (χ4v) is 2.47. The number of carbonyl (C=O) groups excluding carboxylic acids is 1. The molecule has 1 aromatic heterocycles. The van der Waals surface area contributed by atoms with Crippen LogP contribution in [0.25, 0.3) is 0 Å². The van der Waals surface area contributed by atoms with Gasteiger partial charge in [0.25, 0.3) is 5.91 Å². The van der Waals surface area contributed by atoms with Crippen LogP contribution in [0.3, 0.4) is 0 Å². The number of nitrogens with zero attached hydrogens (tertiary/aromatic N) is 2. The normalized spacial score (nSPS) is 11.0. The number of rotatable bonds is 6. The van der Waals surface area contributed by atoms with Gasteiger partial charge in [-0.2, -0.15) is 0 Å². The topological polar surface area (TPSA) is 63.6 Å². The van der Waals surface area contributed by atoms with Gasteiger partial charge in [0, 0.05) is 26.8 Å². The van der Waals surface area contributed by atoms with Gasteiger partial charge < -0.3 is 10.1 Å². The third-order valence-electron chi connectivity index (χ3n) is 1.87. The number of aromatic nitrogens is 1. The first-order valence-corrected chi connectivity index (χ1v) is 7.05. The fourth-order valence-electron chi connectivity index (χ4n) is 1.05. The summed E-state index contributed by atoms with van der Waals surface area (Å²) >= 11 is 2.92. The summed E-state index contributed by atoms with van der Waals surface area (Å²) in [5.74, 6) is -0.208. The zero-order chi connectivity index (χ0) is 12.7. The lowest BCUT2D eigenvalue weighted by molar-refractivity contribution is 0.0959. The van der Waals surface area contributed by atoms with Gasteiger partial charge in [0.2, 0.25) is 0 Å². The summed E-state index contributed by atoms with van der Waals surface area (Å²) < 4.78 is 5.75. The molecule has 0 fully saturated rings. The van der Waals surface area contributed by atoms with Gasteiger partial charge in [0.05, 0.1) is 6.61 Å². The van der Waals surface area contributed by atoms with E-state index in [1.165, 1.54) is 23.1 Å². The summed E-state index contributed by atoms with van der Waals surface area (Å²) in [5.41, 5.74) is 0.385. The Morgan fingerprint density at radius 2 is 2.47 bits per heavy atom. The Morgan fingerprint density at radius 1 is 1.71 bits per heavy atom. The number of amides is 1. The number of thiazole rings is 1. The smallest absolute Gasteiger partial charge is 0.272 e. The Labute approximate surface area is 109 Å². The van der Waals surface area contributed by atoms with Crippen molar-refractivity contribution in [3.63, 3.8) is 0 Å². The molecule has 0 spiro atoms. The SMILES string of the molecule is CNC(=O)c1nc(SC)sc1N=CCCOC. The number of nitrogens with one attached hydrogen (secondary N) is 1. The summed E-state index contributed by atoms with van der Waals surface area (Å²) in [5, 5.41) is 3.20. The molecule has 7 heteroatoms. The van der Waals surface area contributed by atoms with E-state index in [1.807, 2.05) is 6.26 Å². The molecular weight excluding hydrogens is 258 g/mol. The van der Waals surface area contributed by atoms with Gasteiger partial charge in [-0.15, -0.1) is 0 Å². The predicted octanol–water partition coefficient (Wildman–Crippen LogP) is 1.96. The zero-order valence-corrected chi connectivity index (χ0v) is 11.7. The number of aliphatic imine (C=N–C) groups is 1. The third kappa shape index (κ3) is 4.10. The minimum Gasteiger partial charge on any atom is -0.384 e. The van der Waals surface area contributed by atoms with Crippen LogP contribution in [0.5, 0.6) is 0 Å². The first kappa shape index (κ1) is 14.1. The van der Waals surface area contributed by atoms with E-state index in [-0.39, 0.29) is 5.91 Å². The summed E-state index contributed by atoms with van der Waals surface area (Å²) in [4.78, 5) is 20.1. The predicted molar refractivity (Wildman–Crippen MR) is 71.9 cm³/mol. The molecule has 0 radical (unpaired) electrons. The minimum absolute atomic E-state index is 0.208. The molecule has 0 aliphatic rings. The summed E-state index contributed by atoms with van der Waals surface area (Å²) in [7, 11) is 3.22. The molecule has 0 aromatic carbocycles. The lowest BCUT2D eigenvalue weighted by Gasteiger charge is -1.95. The number of thioether (sulfide) groups is 1. The Kier molecular flexibility index (Phi) is 6.17. The maximum atomic E-state index is 11.6. The van der Waals surface area contributed by atoms with Crippen molar-refractivity contribution in [2.45, 2.75) is 10.8 Å². The Morgan fingerprint density at radius 3 is 3.06 bits per heavy atom. The van der Waals surface area contributed by atoms with E-state index in [9.17, 15) is 4.79 Å². The molecular formula is C10H15N3O2S2. The van der Waals surface area contributed by atoms with E-state index in [0.717, 1.165) is 10.8 Å². The van der Waals surface area contributed by atoms with Gasteiger partial charge in [0.15, 0.2) is 10.0 Å². The van der Waals surface area contributed by atoms with E-state index in [4.69, 9.17) is 4.74 Å². The number of ether oxygens (including phenoxy) is 1. The molecule has 0 unspecified atom stereocenters. The molecule has 1 N–H and O–H groups in total. The van der Waals surface area contributed by atoms with Crippen molar-refractivity contribution in [2.75, 3.05) is 27.0 Å². The highest BCUT2D eigenvalue weighted by molar-refractivity contribution is 8.00. The van der Waals surface area contributed by atoms with Gasteiger partial charge in [-0.25, -0.2) is 9.98 Å². The van der Waals surface area contributed by atoms with Crippen LogP contribution in [0.2, 0.25) is 0 Å². The highest BCUT2D eigenvalue weighted by Gasteiger charge is 2.15. The van der Waals surface area contributed by atoms with Gasteiger partial charge in [-0.1, -0.05) is 23.1 Å². The van der Waals surface area contributed by atoms with Gasteiger partial charge in [0.1, 0.15) is 5.00 Å². The number of carbonyl (C=O) groups is 1. The van der Waals surface area contributed by atoms with Crippen LogP contribution >= 0.6 is 23.1 Å². The standard InChI is InChI=1S/C10H15N3O2S2/c1-11-8(14)7-9(12-5-4-6-15-2)17-10(13-7)16-3/h5H,4,6H2,1-3H3,(H,11,14). The molecule has 1 rings (SSSR count). The van der Waals surface area contributed by atoms with Crippen molar-refractivity contribution in [3.05, 3.63) is 5.69 Å². The Balaban J connectivity index is 2.84. The summed E-state index contributed by atoms with van der Waals surface area (Å²) in [6.07, 6.45) is 4.38. The van der Waals surface area contributed by atoms with Crippen molar-refractivity contribution < 1.29 is 9.53 Å². The molecule has 1 aromatic rings. The van der Waals surface area contributed by atoms with Crippen LogP contribution in [0.1, 0.15) is 16.9 Å². The van der Waals surface area contributed by atoms with Gasteiger partial charge >= 0.3 is 0 Å². The number of methoxy groups -OCH3 is 1. The molecule has 0 bridgehead atoms.